The molecule has 1 saturated carbocycles. The molecular weight excluding hydrogens is 158 g/mol. The van der Waals surface area contributed by atoms with Gasteiger partial charge >= 0.3 is 5.97 Å². The number of carboxylic acid groups (broad SMARTS) is 1. The van der Waals surface area contributed by atoms with Crippen LogP contribution in [0.15, 0.2) is 10.5 Å². The summed E-state index contributed by atoms with van der Waals surface area (Å²) in [4.78, 5) is 10.5. The van der Waals surface area contributed by atoms with Gasteiger partial charge in [0.25, 0.3) is 0 Å². The fourth-order valence-corrected chi connectivity index (χ4v) is 1.16. The number of rotatable bonds is 2. The van der Waals surface area contributed by atoms with Gasteiger partial charge in [0.15, 0.2) is 0 Å². The number of nitrogen functional groups attached to an aromatic ring is 1. The van der Waals surface area contributed by atoms with Gasteiger partial charge in [-0.1, -0.05) is 0 Å². The molecule has 1 aromatic heterocycles. The summed E-state index contributed by atoms with van der Waals surface area (Å²) in [6.07, 6.45) is 2.15. The summed E-state index contributed by atoms with van der Waals surface area (Å²) in [5.74, 6) is -0.110. The maximum atomic E-state index is 10.5. The molecule has 0 amide bonds. The summed E-state index contributed by atoms with van der Waals surface area (Å²) in [6, 6.07) is 1.61. The first-order valence-electron chi connectivity index (χ1n) is 3.81. The molecule has 0 bridgehead atoms. The van der Waals surface area contributed by atoms with Crippen LogP contribution in [0.2, 0.25) is 0 Å². The van der Waals surface area contributed by atoms with Crippen LogP contribution in [0.4, 0.5) is 5.69 Å². The van der Waals surface area contributed by atoms with Crippen molar-refractivity contribution in [1.82, 2.24) is 0 Å². The molecule has 1 heterocycles. The first kappa shape index (κ1) is 7.21. The summed E-state index contributed by atoms with van der Waals surface area (Å²) in [5, 5.41) is 8.61. The molecular formula is C8H9NO3. The summed E-state index contributed by atoms with van der Waals surface area (Å²) in [7, 11) is 0. The Balaban J connectivity index is 2.36. The molecule has 1 aromatic rings. The van der Waals surface area contributed by atoms with Crippen LogP contribution in [0, 0.1) is 0 Å². The SMILES string of the molecule is Nc1cc(C2CC2)oc1C(=O)O. The lowest BCUT2D eigenvalue weighted by Gasteiger charge is -1.88. The summed E-state index contributed by atoms with van der Waals surface area (Å²) in [6.45, 7) is 0. The monoisotopic (exact) mass is 167 g/mol. The van der Waals surface area contributed by atoms with Gasteiger partial charge in [-0.25, -0.2) is 4.79 Å². The van der Waals surface area contributed by atoms with E-state index in [2.05, 4.69) is 0 Å². The van der Waals surface area contributed by atoms with Crippen LogP contribution in [0.1, 0.15) is 35.1 Å². The number of anilines is 1. The molecule has 0 saturated heterocycles. The van der Waals surface area contributed by atoms with E-state index in [9.17, 15) is 4.79 Å². The smallest absolute Gasteiger partial charge is 0.374 e. The molecule has 12 heavy (non-hydrogen) atoms. The van der Waals surface area contributed by atoms with Crippen molar-refractivity contribution in [3.8, 4) is 0 Å². The second-order valence-electron chi connectivity index (χ2n) is 3.01. The van der Waals surface area contributed by atoms with E-state index in [0.29, 0.717) is 11.7 Å². The third-order valence-corrected chi connectivity index (χ3v) is 1.95. The van der Waals surface area contributed by atoms with Crippen molar-refractivity contribution in [3.05, 3.63) is 17.6 Å². The maximum absolute atomic E-state index is 10.5. The van der Waals surface area contributed by atoms with Gasteiger partial charge in [0, 0.05) is 12.0 Å². The lowest BCUT2D eigenvalue weighted by molar-refractivity contribution is 0.0662. The van der Waals surface area contributed by atoms with E-state index in [1.165, 1.54) is 0 Å². The zero-order valence-electron chi connectivity index (χ0n) is 6.41. The van der Waals surface area contributed by atoms with Gasteiger partial charge in [-0.3, -0.25) is 0 Å². The van der Waals surface area contributed by atoms with E-state index in [1.54, 1.807) is 6.07 Å². The van der Waals surface area contributed by atoms with Gasteiger partial charge in [-0.05, 0) is 12.8 Å². The Kier molecular flexibility index (Phi) is 1.36. The molecule has 1 fully saturated rings. The third-order valence-electron chi connectivity index (χ3n) is 1.95. The Morgan fingerprint density at radius 1 is 1.67 bits per heavy atom. The van der Waals surface area contributed by atoms with Crippen molar-refractivity contribution < 1.29 is 14.3 Å². The highest BCUT2D eigenvalue weighted by Gasteiger charge is 2.29. The zero-order valence-corrected chi connectivity index (χ0v) is 6.41. The van der Waals surface area contributed by atoms with Crippen LogP contribution < -0.4 is 5.73 Å². The third kappa shape index (κ3) is 1.05. The summed E-state index contributed by atoms with van der Waals surface area (Å²) < 4.78 is 5.08. The van der Waals surface area contributed by atoms with Crippen LogP contribution in [-0.2, 0) is 0 Å². The average molecular weight is 167 g/mol. The highest BCUT2D eigenvalue weighted by atomic mass is 16.4. The number of carbonyl (C=O) groups is 1. The van der Waals surface area contributed by atoms with Crippen molar-refractivity contribution in [2.75, 3.05) is 5.73 Å². The van der Waals surface area contributed by atoms with E-state index in [4.69, 9.17) is 15.3 Å². The fraction of sp³-hybridized carbons (Fsp3) is 0.375. The van der Waals surface area contributed by atoms with Crippen LogP contribution in [0.25, 0.3) is 0 Å². The standard InChI is InChI=1S/C8H9NO3/c9-5-3-6(4-1-2-4)12-7(5)8(10)11/h3-4H,1-2,9H2,(H,10,11). The Hall–Kier alpha value is -1.45. The number of carboxylic acids is 1. The molecule has 3 N–H and O–H groups in total. The topological polar surface area (TPSA) is 76.5 Å². The molecule has 0 aliphatic heterocycles. The minimum absolute atomic E-state index is 0.128. The number of hydrogen-bond donors (Lipinski definition) is 2. The van der Waals surface area contributed by atoms with Crippen molar-refractivity contribution in [2.45, 2.75) is 18.8 Å². The van der Waals surface area contributed by atoms with E-state index in [1.807, 2.05) is 0 Å². The van der Waals surface area contributed by atoms with Gasteiger partial charge in [0.1, 0.15) is 5.76 Å². The van der Waals surface area contributed by atoms with Gasteiger partial charge in [-0.2, -0.15) is 0 Å². The average Bonchev–Trinajstić information content (AvgIpc) is 2.75. The Bertz CT molecular complexity index is 325. The van der Waals surface area contributed by atoms with Crippen LogP contribution >= 0.6 is 0 Å². The zero-order chi connectivity index (χ0) is 8.72. The molecule has 4 nitrogen and oxygen atoms in total. The first-order valence-corrected chi connectivity index (χ1v) is 3.81. The molecule has 64 valence electrons. The second kappa shape index (κ2) is 2.27. The minimum Gasteiger partial charge on any atom is -0.475 e. The number of aromatic carboxylic acids is 1. The maximum Gasteiger partial charge on any atom is 0.374 e. The van der Waals surface area contributed by atoms with E-state index in [0.717, 1.165) is 12.8 Å². The Labute approximate surface area is 69.0 Å². The van der Waals surface area contributed by atoms with Crippen molar-refractivity contribution >= 4 is 11.7 Å². The highest BCUT2D eigenvalue weighted by Crippen LogP contribution is 2.42. The normalized spacial score (nSPS) is 16.3. The number of furan rings is 1. The van der Waals surface area contributed by atoms with Crippen LogP contribution in [0.5, 0.6) is 0 Å². The number of hydrogen-bond acceptors (Lipinski definition) is 3. The van der Waals surface area contributed by atoms with E-state index in [-0.39, 0.29) is 11.4 Å². The van der Waals surface area contributed by atoms with Crippen molar-refractivity contribution in [1.29, 1.82) is 0 Å². The molecule has 1 aliphatic rings. The number of nitrogens with two attached hydrogens (primary N) is 1. The predicted octanol–water partition coefficient (Wildman–Crippen LogP) is 1.44. The van der Waals surface area contributed by atoms with E-state index >= 15 is 0 Å². The minimum atomic E-state index is -1.10. The quantitative estimate of drug-likeness (QED) is 0.698. The van der Waals surface area contributed by atoms with Crippen LogP contribution in [0.3, 0.4) is 0 Å². The van der Waals surface area contributed by atoms with Crippen molar-refractivity contribution in [3.63, 3.8) is 0 Å². The van der Waals surface area contributed by atoms with Gasteiger partial charge in [-0.15, -0.1) is 0 Å². The molecule has 0 unspecified atom stereocenters. The van der Waals surface area contributed by atoms with Gasteiger partial charge in [0.2, 0.25) is 5.76 Å². The largest absolute Gasteiger partial charge is 0.475 e. The Morgan fingerprint density at radius 2 is 2.33 bits per heavy atom. The highest BCUT2D eigenvalue weighted by molar-refractivity contribution is 5.90. The molecule has 0 radical (unpaired) electrons. The molecule has 0 spiro atoms. The predicted molar refractivity (Wildman–Crippen MR) is 42.1 cm³/mol. The molecule has 4 heteroatoms. The lowest BCUT2D eigenvalue weighted by atomic mass is 10.3. The molecule has 2 rings (SSSR count). The van der Waals surface area contributed by atoms with Crippen molar-refractivity contribution in [2.24, 2.45) is 0 Å². The molecule has 0 aromatic carbocycles. The fourth-order valence-electron chi connectivity index (χ4n) is 1.16. The Morgan fingerprint density at radius 3 is 2.75 bits per heavy atom. The summed E-state index contributed by atoms with van der Waals surface area (Å²) in [5.41, 5.74) is 5.66. The molecule has 0 atom stereocenters. The van der Waals surface area contributed by atoms with E-state index < -0.39 is 5.97 Å². The molecule has 1 aliphatic carbocycles. The van der Waals surface area contributed by atoms with Gasteiger partial charge in [0.05, 0.1) is 5.69 Å². The van der Waals surface area contributed by atoms with Gasteiger partial charge < -0.3 is 15.3 Å². The first-order chi connectivity index (χ1) is 5.68. The lowest BCUT2D eigenvalue weighted by Crippen LogP contribution is -1.97. The van der Waals surface area contributed by atoms with Crippen LogP contribution in [-0.4, -0.2) is 11.1 Å². The summed E-state index contributed by atoms with van der Waals surface area (Å²) >= 11 is 0. The second-order valence-corrected chi connectivity index (χ2v) is 3.01.